The number of amides is 2. The van der Waals surface area contributed by atoms with E-state index in [1.807, 2.05) is 0 Å². The molecule has 4 rings (SSSR count). The number of furan rings is 1. The first kappa shape index (κ1) is 20.7. The molecule has 2 heterocycles. The van der Waals surface area contributed by atoms with Crippen molar-refractivity contribution in [1.29, 1.82) is 0 Å². The van der Waals surface area contributed by atoms with Gasteiger partial charge in [-0.05, 0) is 43.2 Å². The van der Waals surface area contributed by atoms with Gasteiger partial charge in [0.15, 0.2) is 5.76 Å². The highest BCUT2D eigenvalue weighted by Gasteiger charge is 2.36. The van der Waals surface area contributed by atoms with Crippen LogP contribution in [0.3, 0.4) is 0 Å². The first-order chi connectivity index (χ1) is 15.2. The van der Waals surface area contributed by atoms with Crippen molar-refractivity contribution in [2.24, 2.45) is 0 Å². The highest BCUT2D eigenvalue weighted by molar-refractivity contribution is 6.08. The molecule has 1 atom stereocenters. The third-order valence-electron chi connectivity index (χ3n) is 5.49. The first-order valence-corrected chi connectivity index (χ1v) is 10.4. The summed E-state index contributed by atoms with van der Waals surface area (Å²) in [4.78, 5) is 32.7. The van der Waals surface area contributed by atoms with Gasteiger partial charge in [-0.3, -0.25) is 19.5 Å². The molecule has 1 aliphatic carbocycles. The van der Waals surface area contributed by atoms with Crippen LogP contribution in [0.2, 0.25) is 0 Å². The van der Waals surface area contributed by atoms with Crippen LogP contribution in [0.15, 0.2) is 71.6 Å². The molecule has 0 spiro atoms. The van der Waals surface area contributed by atoms with Crippen molar-refractivity contribution in [1.82, 2.24) is 10.3 Å². The van der Waals surface area contributed by atoms with Gasteiger partial charge in [-0.1, -0.05) is 25.0 Å². The largest absolute Gasteiger partial charge is 0.497 e. The summed E-state index contributed by atoms with van der Waals surface area (Å²) < 4.78 is 10.7. The van der Waals surface area contributed by atoms with E-state index in [-0.39, 0.29) is 17.7 Å². The lowest BCUT2D eigenvalue weighted by Gasteiger charge is -2.31. The number of carbonyl (C=O) groups is 2. The minimum Gasteiger partial charge on any atom is -0.497 e. The lowest BCUT2D eigenvalue weighted by molar-refractivity contribution is -0.123. The molecule has 1 fully saturated rings. The fourth-order valence-corrected chi connectivity index (χ4v) is 3.97. The van der Waals surface area contributed by atoms with Gasteiger partial charge >= 0.3 is 0 Å². The molecule has 7 heteroatoms. The van der Waals surface area contributed by atoms with Crippen molar-refractivity contribution in [2.45, 2.75) is 37.8 Å². The number of pyridine rings is 1. The Kier molecular flexibility index (Phi) is 6.31. The SMILES string of the molecule is COc1cccc(N(C(=O)c2ccco2)[C@H](C(=O)NC2CCCC2)c2cccnc2)c1. The Hall–Kier alpha value is -3.61. The van der Waals surface area contributed by atoms with E-state index in [2.05, 4.69) is 10.3 Å². The number of rotatable bonds is 7. The van der Waals surface area contributed by atoms with Gasteiger partial charge in [-0.15, -0.1) is 0 Å². The van der Waals surface area contributed by atoms with Crippen LogP contribution in [0.1, 0.15) is 47.8 Å². The number of nitrogens with one attached hydrogen (secondary N) is 1. The quantitative estimate of drug-likeness (QED) is 0.622. The Bertz CT molecular complexity index is 1010. The van der Waals surface area contributed by atoms with Gasteiger partial charge in [0.05, 0.1) is 13.4 Å². The zero-order valence-electron chi connectivity index (χ0n) is 17.4. The minimum absolute atomic E-state index is 0.109. The summed E-state index contributed by atoms with van der Waals surface area (Å²) in [5.74, 6) is 0.0533. The summed E-state index contributed by atoms with van der Waals surface area (Å²) in [6.07, 6.45) is 8.75. The third kappa shape index (κ3) is 4.60. The van der Waals surface area contributed by atoms with Crippen LogP contribution >= 0.6 is 0 Å². The fourth-order valence-electron chi connectivity index (χ4n) is 3.97. The van der Waals surface area contributed by atoms with Crippen LogP contribution in [0.5, 0.6) is 5.75 Å². The van der Waals surface area contributed by atoms with E-state index >= 15 is 0 Å². The molecule has 0 unspecified atom stereocenters. The Morgan fingerprint density at radius 2 is 2.00 bits per heavy atom. The number of hydrogen-bond acceptors (Lipinski definition) is 5. The average Bonchev–Trinajstić information content (AvgIpc) is 3.52. The molecule has 2 aromatic heterocycles. The molecule has 160 valence electrons. The topological polar surface area (TPSA) is 84.7 Å². The van der Waals surface area contributed by atoms with E-state index < -0.39 is 11.9 Å². The number of ether oxygens (including phenoxy) is 1. The molecular weight excluding hydrogens is 394 g/mol. The van der Waals surface area contributed by atoms with Gasteiger partial charge < -0.3 is 14.5 Å². The molecule has 1 aromatic carbocycles. The molecule has 0 saturated heterocycles. The first-order valence-electron chi connectivity index (χ1n) is 10.4. The normalized spacial score (nSPS) is 14.7. The van der Waals surface area contributed by atoms with Gasteiger partial charge in [0.2, 0.25) is 5.91 Å². The Labute approximate surface area is 181 Å². The zero-order valence-corrected chi connectivity index (χ0v) is 17.4. The van der Waals surface area contributed by atoms with Crippen LogP contribution in [0.4, 0.5) is 5.69 Å². The van der Waals surface area contributed by atoms with Crippen LogP contribution in [0.25, 0.3) is 0 Å². The Balaban J connectivity index is 1.80. The number of anilines is 1. The number of carbonyl (C=O) groups excluding carboxylic acids is 2. The molecule has 2 amide bonds. The lowest BCUT2D eigenvalue weighted by Crippen LogP contribution is -2.46. The summed E-state index contributed by atoms with van der Waals surface area (Å²) >= 11 is 0. The van der Waals surface area contributed by atoms with Crippen molar-refractivity contribution in [3.8, 4) is 5.75 Å². The maximum atomic E-state index is 13.6. The number of hydrogen-bond donors (Lipinski definition) is 1. The summed E-state index contributed by atoms with van der Waals surface area (Å²) in [5.41, 5.74) is 1.14. The van der Waals surface area contributed by atoms with Crippen molar-refractivity contribution in [3.05, 3.63) is 78.5 Å². The van der Waals surface area contributed by atoms with Gasteiger partial charge in [0.25, 0.3) is 5.91 Å². The minimum atomic E-state index is -0.918. The number of nitrogens with zero attached hydrogens (tertiary/aromatic N) is 2. The van der Waals surface area contributed by atoms with Crippen molar-refractivity contribution < 1.29 is 18.7 Å². The molecular formula is C24H25N3O4. The van der Waals surface area contributed by atoms with Crippen LogP contribution in [-0.2, 0) is 4.79 Å². The van der Waals surface area contributed by atoms with Crippen molar-refractivity contribution in [2.75, 3.05) is 12.0 Å². The van der Waals surface area contributed by atoms with Crippen molar-refractivity contribution in [3.63, 3.8) is 0 Å². The van der Waals surface area contributed by atoms with Crippen molar-refractivity contribution >= 4 is 17.5 Å². The summed E-state index contributed by atoms with van der Waals surface area (Å²) in [5, 5.41) is 3.13. The van der Waals surface area contributed by atoms with E-state index in [9.17, 15) is 9.59 Å². The van der Waals surface area contributed by atoms with Crippen LogP contribution < -0.4 is 15.0 Å². The molecule has 0 bridgehead atoms. The van der Waals surface area contributed by atoms with E-state index in [4.69, 9.17) is 9.15 Å². The Morgan fingerprint density at radius 3 is 2.68 bits per heavy atom. The molecule has 7 nitrogen and oxygen atoms in total. The van der Waals surface area contributed by atoms with Gasteiger partial charge in [-0.25, -0.2) is 0 Å². The van der Waals surface area contributed by atoms with Gasteiger partial charge in [-0.2, -0.15) is 0 Å². The smallest absolute Gasteiger partial charge is 0.294 e. The van der Waals surface area contributed by atoms with Crippen LogP contribution in [-0.4, -0.2) is 29.9 Å². The van der Waals surface area contributed by atoms with E-state index in [0.29, 0.717) is 17.0 Å². The summed E-state index contributed by atoms with van der Waals surface area (Å²) in [6, 6.07) is 13.1. The molecule has 1 N–H and O–H groups in total. The molecule has 1 saturated carbocycles. The summed E-state index contributed by atoms with van der Waals surface area (Å²) in [6.45, 7) is 0. The second-order valence-electron chi connectivity index (χ2n) is 7.53. The third-order valence-corrected chi connectivity index (χ3v) is 5.49. The molecule has 0 radical (unpaired) electrons. The van der Waals surface area contributed by atoms with Gasteiger partial charge in [0.1, 0.15) is 11.8 Å². The van der Waals surface area contributed by atoms with Gasteiger partial charge in [0, 0.05) is 35.8 Å². The highest BCUT2D eigenvalue weighted by Crippen LogP contribution is 2.32. The monoisotopic (exact) mass is 419 g/mol. The maximum absolute atomic E-state index is 13.6. The van der Waals surface area contributed by atoms with E-state index in [0.717, 1.165) is 25.7 Å². The molecule has 1 aliphatic rings. The zero-order chi connectivity index (χ0) is 21.6. The molecule has 3 aromatic rings. The molecule has 0 aliphatic heterocycles. The Morgan fingerprint density at radius 1 is 1.16 bits per heavy atom. The fraction of sp³-hybridized carbons (Fsp3) is 0.292. The molecule has 31 heavy (non-hydrogen) atoms. The average molecular weight is 419 g/mol. The van der Waals surface area contributed by atoms with Crippen LogP contribution in [0, 0.1) is 0 Å². The van der Waals surface area contributed by atoms with E-state index in [1.54, 1.807) is 68.0 Å². The second-order valence-corrected chi connectivity index (χ2v) is 7.53. The summed E-state index contributed by atoms with van der Waals surface area (Å²) in [7, 11) is 1.56. The predicted octanol–water partition coefficient (Wildman–Crippen LogP) is 4.13. The van der Waals surface area contributed by atoms with E-state index in [1.165, 1.54) is 11.2 Å². The maximum Gasteiger partial charge on any atom is 0.294 e. The predicted molar refractivity (Wildman–Crippen MR) is 116 cm³/mol. The number of aromatic nitrogens is 1. The standard InChI is InChI=1S/C24H25N3O4/c1-30-20-11-4-10-19(15-20)27(24(29)21-12-6-14-31-21)22(17-7-5-13-25-16-17)23(28)26-18-8-2-3-9-18/h4-7,10-16,18,22H,2-3,8-9H2,1H3,(H,26,28)/t22-/m0/s1. The second kappa shape index (κ2) is 9.47. The lowest BCUT2D eigenvalue weighted by atomic mass is 10.0. The highest BCUT2D eigenvalue weighted by atomic mass is 16.5. The number of methoxy groups -OCH3 is 1. The number of benzene rings is 1.